The smallest absolute Gasteiger partial charge is 0.243 e. The Kier molecular flexibility index (Phi) is 5.64. The number of carbonyl (C=O) groups excluding carboxylic acids is 1. The first kappa shape index (κ1) is 19.1. The number of hydrogen-bond donors (Lipinski definition) is 0. The summed E-state index contributed by atoms with van der Waals surface area (Å²) in [6, 6.07) is 6.51. The molecule has 0 N–H and O–H groups in total. The van der Waals surface area contributed by atoms with E-state index >= 15 is 0 Å². The van der Waals surface area contributed by atoms with Gasteiger partial charge in [0, 0.05) is 44.2 Å². The summed E-state index contributed by atoms with van der Waals surface area (Å²) in [5, 5.41) is 0. The third kappa shape index (κ3) is 4.42. The molecule has 1 aromatic carbocycles. The minimum atomic E-state index is -3.48. The molecule has 148 valence electrons. The van der Waals surface area contributed by atoms with Gasteiger partial charge in [0.2, 0.25) is 10.0 Å². The van der Waals surface area contributed by atoms with Crippen molar-refractivity contribution in [2.45, 2.75) is 30.6 Å². The molecule has 4 rings (SSSR count). The van der Waals surface area contributed by atoms with E-state index in [0.29, 0.717) is 29.5 Å². The van der Waals surface area contributed by atoms with E-state index in [9.17, 15) is 13.2 Å². The number of Topliss-reactive ketones (excluding diaryl/α,β-unsaturated/α-hetero) is 1. The molecule has 1 saturated carbocycles. The second-order valence-electron chi connectivity index (χ2n) is 7.92. The average Bonchev–Trinajstić information content (AvgIpc) is 3.54. The Bertz CT molecular complexity index is 760. The largest absolute Gasteiger partial charge is 0.379 e. The second-order valence-corrected chi connectivity index (χ2v) is 9.86. The molecule has 3 aliphatic rings. The van der Waals surface area contributed by atoms with Crippen LogP contribution in [0.1, 0.15) is 36.0 Å². The van der Waals surface area contributed by atoms with Gasteiger partial charge in [-0.15, -0.1) is 0 Å². The SMILES string of the molecule is O=C(c1ccc(S(=O)(=O)N2CCC(CN3CCOCC3)CC2)cc1)C1CC1. The van der Waals surface area contributed by atoms with Gasteiger partial charge in [0.25, 0.3) is 0 Å². The van der Waals surface area contributed by atoms with Crippen LogP contribution >= 0.6 is 0 Å². The third-order valence-electron chi connectivity index (χ3n) is 5.92. The Balaban J connectivity index is 1.34. The Hall–Kier alpha value is -1.28. The Morgan fingerprint density at radius 2 is 1.59 bits per heavy atom. The Morgan fingerprint density at radius 1 is 0.963 bits per heavy atom. The summed E-state index contributed by atoms with van der Waals surface area (Å²) in [5.74, 6) is 0.842. The molecule has 3 fully saturated rings. The van der Waals surface area contributed by atoms with E-state index in [4.69, 9.17) is 4.74 Å². The summed E-state index contributed by atoms with van der Waals surface area (Å²) in [4.78, 5) is 14.8. The lowest BCUT2D eigenvalue weighted by molar-refractivity contribution is 0.0269. The van der Waals surface area contributed by atoms with Gasteiger partial charge >= 0.3 is 0 Å². The highest BCUT2D eigenvalue weighted by Crippen LogP contribution is 2.33. The van der Waals surface area contributed by atoms with E-state index < -0.39 is 10.0 Å². The molecule has 27 heavy (non-hydrogen) atoms. The van der Waals surface area contributed by atoms with Crippen molar-refractivity contribution >= 4 is 15.8 Å². The maximum atomic E-state index is 12.9. The molecule has 2 saturated heterocycles. The van der Waals surface area contributed by atoms with Crippen LogP contribution in [0.3, 0.4) is 0 Å². The van der Waals surface area contributed by atoms with Crippen LogP contribution in [0.15, 0.2) is 29.2 Å². The first-order chi connectivity index (χ1) is 13.0. The van der Waals surface area contributed by atoms with Crippen molar-refractivity contribution < 1.29 is 17.9 Å². The molecule has 0 atom stereocenters. The van der Waals surface area contributed by atoms with Crippen molar-refractivity contribution in [3.05, 3.63) is 29.8 Å². The number of nitrogens with zero attached hydrogens (tertiary/aromatic N) is 2. The second kappa shape index (κ2) is 7.99. The maximum absolute atomic E-state index is 12.9. The zero-order valence-electron chi connectivity index (χ0n) is 15.7. The fourth-order valence-electron chi connectivity index (χ4n) is 4.00. The molecule has 0 amide bonds. The summed E-state index contributed by atoms with van der Waals surface area (Å²) in [6.07, 6.45) is 3.71. The number of sulfonamides is 1. The molecule has 0 spiro atoms. The highest BCUT2D eigenvalue weighted by Gasteiger charge is 2.32. The molecule has 0 aromatic heterocycles. The van der Waals surface area contributed by atoms with Crippen molar-refractivity contribution in [3.63, 3.8) is 0 Å². The first-order valence-electron chi connectivity index (χ1n) is 9.98. The average molecular weight is 393 g/mol. The zero-order chi connectivity index (χ0) is 18.9. The molecular formula is C20H28N2O4S. The van der Waals surface area contributed by atoms with Gasteiger partial charge in [-0.05, 0) is 43.7 Å². The van der Waals surface area contributed by atoms with Crippen molar-refractivity contribution in [2.75, 3.05) is 45.9 Å². The molecule has 7 heteroatoms. The number of ether oxygens (including phenoxy) is 1. The molecule has 6 nitrogen and oxygen atoms in total. The van der Waals surface area contributed by atoms with Gasteiger partial charge in [-0.1, -0.05) is 12.1 Å². The number of carbonyl (C=O) groups is 1. The van der Waals surface area contributed by atoms with E-state index in [-0.39, 0.29) is 11.7 Å². The van der Waals surface area contributed by atoms with Crippen LogP contribution in [0.5, 0.6) is 0 Å². The molecule has 0 unspecified atom stereocenters. The van der Waals surface area contributed by atoms with Crippen LogP contribution in [0, 0.1) is 11.8 Å². The maximum Gasteiger partial charge on any atom is 0.243 e. The lowest BCUT2D eigenvalue weighted by Gasteiger charge is -2.35. The van der Waals surface area contributed by atoms with E-state index in [0.717, 1.165) is 58.5 Å². The predicted molar refractivity (Wildman–Crippen MR) is 102 cm³/mol. The van der Waals surface area contributed by atoms with Crippen molar-refractivity contribution in [1.29, 1.82) is 0 Å². The van der Waals surface area contributed by atoms with Crippen molar-refractivity contribution in [2.24, 2.45) is 11.8 Å². The topological polar surface area (TPSA) is 66.9 Å². The Morgan fingerprint density at radius 3 is 2.19 bits per heavy atom. The van der Waals surface area contributed by atoms with Crippen molar-refractivity contribution in [1.82, 2.24) is 9.21 Å². The number of hydrogen-bond acceptors (Lipinski definition) is 5. The molecule has 2 aliphatic heterocycles. The zero-order valence-corrected chi connectivity index (χ0v) is 16.5. The molecule has 1 aliphatic carbocycles. The quantitative estimate of drug-likeness (QED) is 0.693. The van der Waals surface area contributed by atoms with E-state index in [2.05, 4.69) is 4.90 Å². The summed E-state index contributed by atoms with van der Waals surface area (Å²) < 4.78 is 32.8. The summed E-state index contributed by atoms with van der Waals surface area (Å²) >= 11 is 0. The normalized spacial score (nSPS) is 23.4. The molecule has 0 bridgehead atoms. The van der Waals surface area contributed by atoms with Crippen LogP contribution in [0.25, 0.3) is 0 Å². The van der Waals surface area contributed by atoms with Crippen LogP contribution in [0.4, 0.5) is 0 Å². The number of benzene rings is 1. The summed E-state index contributed by atoms with van der Waals surface area (Å²) in [7, 11) is -3.48. The van der Waals surface area contributed by atoms with Gasteiger partial charge in [0.05, 0.1) is 18.1 Å². The van der Waals surface area contributed by atoms with Crippen LogP contribution in [-0.2, 0) is 14.8 Å². The van der Waals surface area contributed by atoms with E-state index in [1.807, 2.05) is 0 Å². The third-order valence-corrected chi connectivity index (χ3v) is 7.83. The first-order valence-corrected chi connectivity index (χ1v) is 11.4. The van der Waals surface area contributed by atoms with Gasteiger partial charge in [-0.3, -0.25) is 9.69 Å². The highest BCUT2D eigenvalue weighted by molar-refractivity contribution is 7.89. The van der Waals surface area contributed by atoms with Crippen LogP contribution in [0.2, 0.25) is 0 Å². The summed E-state index contributed by atoms with van der Waals surface area (Å²) in [6.45, 7) is 5.73. The monoisotopic (exact) mass is 392 g/mol. The molecule has 2 heterocycles. The van der Waals surface area contributed by atoms with Crippen LogP contribution in [-0.4, -0.2) is 69.3 Å². The van der Waals surface area contributed by atoms with Gasteiger partial charge < -0.3 is 4.74 Å². The van der Waals surface area contributed by atoms with Crippen LogP contribution < -0.4 is 0 Å². The number of morpholine rings is 1. The van der Waals surface area contributed by atoms with Gasteiger partial charge in [-0.25, -0.2) is 8.42 Å². The lowest BCUT2D eigenvalue weighted by Crippen LogP contribution is -2.44. The van der Waals surface area contributed by atoms with Gasteiger partial charge in [0.1, 0.15) is 0 Å². The predicted octanol–water partition coefficient (Wildman–Crippen LogP) is 2.01. The van der Waals surface area contributed by atoms with E-state index in [1.54, 1.807) is 28.6 Å². The number of piperidine rings is 1. The minimum Gasteiger partial charge on any atom is -0.379 e. The minimum absolute atomic E-state index is 0.142. The highest BCUT2D eigenvalue weighted by atomic mass is 32.2. The van der Waals surface area contributed by atoms with Crippen molar-refractivity contribution in [3.8, 4) is 0 Å². The standard InChI is InChI=1S/C20H28N2O4S/c23-20(17-1-2-17)18-3-5-19(6-4-18)27(24,25)22-9-7-16(8-10-22)15-21-11-13-26-14-12-21/h3-6,16-17H,1-2,7-15H2. The fraction of sp³-hybridized carbons (Fsp3) is 0.650. The fourth-order valence-corrected chi connectivity index (χ4v) is 5.47. The number of rotatable bonds is 6. The summed E-state index contributed by atoms with van der Waals surface area (Å²) in [5.41, 5.74) is 0.626. The molecular weight excluding hydrogens is 364 g/mol. The number of ketones is 1. The van der Waals surface area contributed by atoms with Gasteiger partial charge in [-0.2, -0.15) is 4.31 Å². The molecule has 0 radical (unpaired) electrons. The lowest BCUT2D eigenvalue weighted by atomic mass is 9.97. The van der Waals surface area contributed by atoms with E-state index in [1.165, 1.54) is 0 Å². The van der Waals surface area contributed by atoms with Gasteiger partial charge in [0.15, 0.2) is 5.78 Å². The Labute approximate surface area is 161 Å². The molecule has 1 aromatic rings.